The van der Waals surface area contributed by atoms with E-state index >= 15 is 0 Å². The highest BCUT2D eigenvalue weighted by Gasteiger charge is 2.31. The molecule has 0 spiro atoms. The van der Waals surface area contributed by atoms with Crippen LogP contribution in [0.25, 0.3) is 5.69 Å². The summed E-state index contributed by atoms with van der Waals surface area (Å²) in [7, 11) is -1.78. The van der Waals surface area contributed by atoms with Gasteiger partial charge in [-0.15, -0.1) is 0 Å². The van der Waals surface area contributed by atoms with Gasteiger partial charge in [-0.25, -0.2) is 9.67 Å². The van der Waals surface area contributed by atoms with Gasteiger partial charge >= 0.3 is 0 Å². The summed E-state index contributed by atoms with van der Waals surface area (Å²) >= 11 is 0. The lowest BCUT2D eigenvalue weighted by Crippen LogP contribution is -2.43. The number of hydrogen-bond donors (Lipinski definition) is 0. The quantitative estimate of drug-likeness (QED) is 0.818. The first-order valence-electron chi connectivity index (χ1n) is 8.68. The Kier molecular flexibility index (Phi) is 5.51. The summed E-state index contributed by atoms with van der Waals surface area (Å²) in [5.41, 5.74) is 1.84. The smallest absolute Gasteiger partial charge is 0.223 e. The summed E-state index contributed by atoms with van der Waals surface area (Å²) < 4.78 is 30.6. The van der Waals surface area contributed by atoms with Crippen molar-refractivity contribution in [2.45, 2.75) is 38.6 Å². The standard InChI is InChI=1S/C17H25N5O2S/c1-15(16-7-9-17(10-8-16)22-14-18-13-19-22)20(2)25(23,24)21-11-5-3-4-6-12-21/h7-10,13-15H,3-6,11-12H2,1-2H3/t15-/m1/s1. The fourth-order valence-corrected chi connectivity index (χ4v) is 4.72. The van der Waals surface area contributed by atoms with Gasteiger partial charge in [0.25, 0.3) is 10.2 Å². The Hall–Kier alpha value is -1.77. The Morgan fingerprint density at radius 1 is 1.08 bits per heavy atom. The minimum absolute atomic E-state index is 0.238. The van der Waals surface area contributed by atoms with Crippen LogP contribution in [0.1, 0.15) is 44.2 Å². The van der Waals surface area contributed by atoms with Crippen molar-refractivity contribution >= 4 is 10.2 Å². The lowest BCUT2D eigenvalue weighted by Gasteiger charge is -2.30. The molecule has 0 aliphatic carbocycles. The van der Waals surface area contributed by atoms with E-state index in [9.17, 15) is 8.42 Å². The Balaban J connectivity index is 1.75. The molecule has 8 heteroatoms. The third-order valence-electron chi connectivity index (χ3n) is 4.86. The summed E-state index contributed by atoms with van der Waals surface area (Å²) in [5.74, 6) is 0. The minimum atomic E-state index is -3.45. The van der Waals surface area contributed by atoms with Gasteiger partial charge in [-0.2, -0.15) is 22.1 Å². The lowest BCUT2D eigenvalue weighted by atomic mass is 10.1. The van der Waals surface area contributed by atoms with Crippen molar-refractivity contribution in [2.75, 3.05) is 20.1 Å². The van der Waals surface area contributed by atoms with Crippen LogP contribution in [-0.2, 0) is 10.2 Å². The van der Waals surface area contributed by atoms with Crippen LogP contribution in [0.15, 0.2) is 36.9 Å². The molecule has 3 rings (SSSR count). The van der Waals surface area contributed by atoms with Crippen molar-refractivity contribution in [1.82, 2.24) is 23.4 Å². The van der Waals surface area contributed by atoms with Crippen molar-refractivity contribution in [1.29, 1.82) is 0 Å². The molecule has 2 aromatic rings. The molecule has 7 nitrogen and oxygen atoms in total. The molecule has 1 fully saturated rings. The normalized spacial score (nSPS) is 18.2. The van der Waals surface area contributed by atoms with E-state index in [0.29, 0.717) is 13.1 Å². The number of rotatable bonds is 5. The molecule has 136 valence electrons. The number of aromatic nitrogens is 3. The molecule has 0 unspecified atom stereocenters. The number of hydrogen-bond acceptors (Lipinski definition) is 4. The average molecular weight is 363 g/mol. The average Bonchev–Trinajstić information content (AvgIpc) is 3.02. The van der Waals surface area contributed by atoms with Gasteiger partial charge in [0, 0.05) is 26.2 Å². The van der Waals surface area contributed by atoms with Crippen LogP contribution in [0, 0.1) is 0 Å². The molecule has 1 aliphatic rings. The van der Waals surface area contributed by atoms with Crippen LogP contribution in [0.3, 0.4) is 0 Å². The SMILES string of the molecule is C[C@H](c1ccc(-n2cncn2)cc1)N(C)S(=O)(=O)N1CCCCCC1. The molecule has 0 saturated carbocycles. The van der Waals surface area contributed by atoms with Crippen LogP contribution in [0.4, 0.5) is 0 Å². The second-order valence-electron chi connectivity index (χ2n) is 6.44. The van der Waals surface area contributed by atoms with E-state index in [1.54, 1.807) is 22.4 Å². The third-order valence-corrected chi connectivity index (χ3v) is 6.92. The molecule has 25 heavy (non-hydrogen) atoms. The fraction of sp³-hybridized carbons (Fsp3) is 0.529. The molecule has 1 aromatic heterocycles. The molecule has 1 saturated heterocycles. The van der Waals surface area contributed by atoms with Crippen LogP contribution in [0.5, 0.6) is 0 Å². The summed E-state index contributed by atoms with van der Waals surface area (Å²) in [6, 6.07) is 7.49. The fourth-order valence-electron chi connectivity index (χ4n) is 3.11. The van der Waals surface area contributed by atoms with Crippen LogP contribution < -0.4 is 0 Å². The molecule has 1 aromatic carbocycles. The second kappa shape index (κ2) is 7.63. The molecule has 1 atom stereocenters. The molecule has 1 aliphatic heterocycles. The largest absolute Gasteiger partial charge is 0.282 e. The van der Waals surface area contributed by atoms with E-state index in [4.69, 9.17) is 0 Å². The first kappa shape index (κ1) is 18.0. The van der Waals surface area contributed by atoms with E-state index in [1.807, 2.05) is 31.2 Å². The maximum atomic E-state index is 12.9. The van der Waals surface area contributed by atoms with Gasteiger partial charge in [0.2, 0.25) is 0 Å². The summed E-state index contributed by atoms with van der Waals surface area (Å²) in [4.78, 5) is 3.93. The molecule has 2 heterocycles. The summed E-state index contributed by atoms with van der Waals surface area (Å²) in [6.07, 6.45) is 7.21. The third kappa shape index (κ3) is 3.91. The van der Waals surface area contributed by atoms with Crippen molar-refractivity contribution in [3.63, 3.8) is 0 Å². The maximum Gasteiger partial charge on any atom is 0.282 e. The van der Waals surface area contributed by atoms with Gasteiger partial charge in [-0.1, -0.05) is 25.0 Å². The molecule has 0 bridgehead atoms. The summed E-state index contributed by atoms with van der Waals surface area (Å²) in [5, 5.41) is 4.10. The van der Waals surface area contributed by atoms with E-state index < -0.39 is 10.2 Å². The van der Waals surface area contributed by atoms with Crippen molar-refractivity contribution < 1.29 is 8.42 Å². The van der Waals surface area contributed by atoms with Crippen LogP contribution in [0.2, 0.25) is 0 Å². The Morgan fingerprint density at radius 2 is 1.72 bits per heavy atom. The first-order chi connectivity index (χ1) is 12.0. The zero-order valence-electron chi connectivity index (χ0n) is 14.7. The highest BCUT2D eigenvalue weighted by atomic mass is 32.2. The molecular weight excluding hydrogens is 338 g/mol. The molecular formula is C17H25N5O2S. The highest BCUT2D eigenvalue weighted by Crippen LogP contribution is 2.25. The predicted molar refractivity (Wildman–Crippen MR) is 96.5 cm³/mol. The van der Waals surface area contributed by atoms with Crippen molar-refractivity contribution in [3.05, 3.63) is 42.5 Å². The number of nitrogens with zero attached hydrogens (tertiary/aromatic N) is 5. The van der Waals surface area contributed by atoms with Crippen molar-refractivity contribution in [2.24, 2.45) is 0 Å². The van der Waals surface area contributed by atoms with Gasteiger partial charge in [0.15, 0.2) is 0 Å². The van der Waals surface area contributed by atoms with Gasteiger partial charge in [0.05, 0.1) is 5.69 Å². The monoisotopic (exact) mass is 363 g/mol. The molecule has 0 radical (unpaired) electrons. The van der Waals surface area contributed by atoms with Crippen LogP contribution >= 0.6 is 0 Å². The Morgan fingerprint density at radius 3 is 2.28 bits per heavy atom. The predicted octanol–water partition coefficient (Wildman–Crippen LogP) is 2.38. The zero-order chi connectivity index (χ0) is 17.9. The topological polar surface area (TPSA) is 71.3 Å². The van der Waals surface area contributed by atoms with Gasteiger partial charge in [-0.05, 0) is 37.5 Å². The Bertz CT molecular complexity index is 766. The molecule has 0 N–H and O–H groups in total. The number of benzene rings is 1. The van der Waals surface area contributed by atoms with Crippen molar-refractivity contribution in [3.8, 4) is 5.69 Å². The lowest BCUT2D eigenvalue weighted by molar-refractivity contribution is 0.332. The highest BCUT2D eigenvalue weighted by molar-refractivity contribution is 7.86. The van der Waals surface area contributed by atoms with Gasteiger partial charge in [-0.3, -0.25) is 0 Å². The van der Waals surface area contributed by atoms with Gasteiger partial charge < -0.3 is 0 Å². The van der Waals surface area contributed by atoms with E-state index in [0.717, 1.165) is 36.9 Å². The maximum absolute atomic E-state index is 12.9. The van der Waals surface area contributed by atoms with Crippen LogP contribution in [-0.4, -0.2) is 51.9 Å². The Labute approximate surface area is 149 Å². The minimum Gasteiger partial charge on any atom is -0.223 e. The van der Waals surface area contributed by atoms with Gasteiger partial charge in [0.1, 0.15) is 12.7 Å². The van der Waals surface area contributed by atoms with E-state index in [2.05, 4.69) is 10.1 Å². The zero-order valence-corrected chi connectivity index (χ0v) is 15.6. The first-order valence-corrected chi connectivity index (χ1v) is 10.1. The van der Waals surface area contributed by atoms with E-state index in [1.165, 1.54) is 10.6 Å². The second-order valence-corrected chi connectivity index (χ2v) is 8.43. The molecule has 0 amide bonds. The van der Waals surface area contributed by atoms with E-state index in [-0.39, 0.29) is 6.04 Å². The summed E-state index contributed by atoms with van der Waals surface area (Å²) in [6.45, 7) is 3.15.